The van der Waals surface area contributed by atoms with E-state index in [-0.39, 0.29) is 19.7 Å². The zero-order valence-corrected chi connectivity index (χ0v) is 11.8. The molecule has 0 spiro atoms. The molecule has 0 amide bonds. The second-order valence-electron chi connectivity index (χ2n) is 3.92. The average molecular weight is 306 g/mol. The molecule has 1 rings (SSSR count). The highest BCUT2D eigenvalue weighted by Gasteiger charge is 2.28. The Labute approximate surface area is 116 Å². The van der Waals surface area contributed by atoms with Crippen molar-refractivity contribution in [2.24, 2.45) is 0 Å². The normalized spacial score (nSPS) is 11.8. The summed E-state index contributed by atoms with van der Waals surface area (Å²) in [7, 11) is -2.73. The van der Waals surface area contributed by atoms with Crippen LogP contribution in [0.5, 0.6) is 0 Å². The van der Waals surface area contributed by atoms with Crippen LogP contribution in [0.2, 0.25) is 0 Å². The minimum Gasteiger partial charge on any atom is -0.394 e. The van der Waals surface area contributed by atoms with Crippen LogP contribution in [0.1, 0.15) is 0 Å². The van der Waals surface area contributed by atoms with Crippen LogP contribution in [-0.4, -0.2) is 39.5 Å². The first-order valence-electron chi connectivity index (χ1n) is 5.69. The molecule has 1 aromatic carbocycles. The third kappa shape index (κ3) is 3.33. The Bertz CT molecular complexity index is 591. The lowest BCUT2D eigenvalue weighted by Gasteiger charge is -2.21. The van der Waals surface area contributed by atoms with Crippen molar-refractivity contribution in [3.63, 3.8) is 0 Å². The first-order valence-corrected chi connectivity index (χ1v) is 7.13. The van der Waals surface area contributed by atoms with Crippen molar-refractivity contribution in [3.8, 4) is 0 Å². The number of anilines is 1. The van der Waals surface area contributed by atoms with E-state index < -0.39 is 32.2 Å². The molecule has 0 aliphatic carbocycles. The number of halogens is 2. The largest absolute Gasteiger partial charge is 0.394 e. The van der Waals surface area contributed by atoms with E-state index in [1.54, 1.807) is 0 Å². The predicted octanol–water partition coefficient (Wildman–Crippen LogP) is 1.37. The maximum absolute atomic E-state index is 13.9. The average Bonchev–Trinajstić information content (AvgIpc) is 2.40. The van der Waals surface area contributed by atoms with Crippen molar-refractivity contribution in [1.29, 1.82) is 0 Å². The Balaban J connectivity index is 3.26. The van der Waals surface area contributed by atoms with Crippen molar-refractivity contribution in [2.75, 3.05) is 32.5 Å². The monoisotopic (exact) mass is 306 g/mol. The van der Waals surface area contributed by atoms with Crippen molar-refractivity contribution in [1.82, 2.24) is 4.31 Å². The van der Waals surface area contributed by atoms with Gasteiger partial charge in [0.05, 0.1) is 6.61 Å². The van der Waals surface area contributed by atoms with E-state index in [1.807, 2.05) is 0 Å². The smallest absolute Gasteiger partial charge is 0.246 e. The van der Waals surface area contributed by atoms with Gasteiger partial charge in [-0.05, 0) is 12.1 Å². The number of nitrogen functional groups attached to an aromatic ring is 1. The van der Waals surface area contributed by atoms with E-state index in [9.17, 15) is 17.2 Å². The van der Waals surface area contributed by atoms with Crippen LogP contribution in [-0.2, 0) is 14.8 Å². The summed E-state index contributed by atoms with van der Waals surface area (Å²) in [5.41, 5.74) is 4.35. The lowest BCUT2D eigenvalue weighted by Crippen LogP contribution is -2.34. The Morgan fingerprint density at radius 1 is 1.45 bits per heavy atom. The molecule has 0 fully saturated rings. The number of hydrogen-bond acceptors (Lipinski definition) is 4. The fourth-order valence-electron chi connectivity index (χ4n) is 1.53. The number of nitrogens with two attached hydrogens (primary N) is 1. The SMILES string of the molecule is C=CCN(CCOC)S(=O)(=O)c1ccc(F)c(N)c1F. The molecule has 0 aliphatic heterocycles. The second kappa shape index (κ2) is 6.78. The fourth-order valence-corrected chi connectivity index (χ4v) is 3.01. The third-order valence-electron chi connectivity index (χ3n) is 2.59. The molecule has 2 N–H and O–H groups in total. The van der Waals surface area contributed by atoms with Gasteiger partial charge in [-0.25, -0.2) is 17.2 Å². The van der Waals surface area contributed by atoms with Crippen LogP contribution in [0.15, 0.2) is 29.7 Å². The van der Waals surface area contributed by atoms with Crippen LogP contribution >= 0.6 is 0 Å². The van der Waals surface area contributed by atoms with Crippen LogP contribution < -0.4 is 5.73 Å². The molecule has 0 aliphatic rings. The number of rotatable bonds is 7. The molecule has 20 heavy (non-hydrogen) atoms. The van der Waals surface area contributed by atoms with Crippen molar-refractivity contribution >= 4 is 15.7 Å². The lowest BCUT2D eigenvalue weighted by atomic mass is 10.3. The van der Waals surface area contributed by atoms with E-state index in [0.29, 0.717) is 0 Å². The highest BCUT2D eigenvalue weighted by Crippen LogP contribution is 2.25. The highest BCUT2D eigenvalue weighted by atomic mass is 32.2. The van der Waals surface area contributed by atoms with Gasteiger partial charge >= 0.3 is 0 Å². The number of ether oxygens (including phenoxy) is 1. The van der Waals surface area contributed by atoms with Crippen LogP contribution in [0.3, 0.4) is 0 Å². The molecule has 0 aromatic heterocycles. The van der Waals surface area contributed by atoms with Gasteiger partial charge in [-0.1, -0.05) is 6.08 Å². The molecule has 8 heteroatoms. The van der Waals surface area contributed by atoms with Crippen molar-refractivity contribution in [3.05, 3.63) is 36.4 Å². The van der Waals surface area contributed by atoms with Gasteiger partial charge in [0, 0.05) is 20.2 Å². The summed E-state index contributed by atoms with van der Waals surface area (Å²) in [6, 6.07) is 1.66. The zero-order valence-electron chi connectivity index (χ0n) is 11.0. The standard InChI is InChI=1S/C12H16F2N2O3S/c1-3-6-16(7-8-19-2)20(17,18)10-5-4-9(13)12(15)11(10)14/h3-5H,1,6-8,15H2,2H3. The highest BCUT2D eigenvalue weighted by molar-refractivity contribution is 7.89. The van der Waals surface area contributed by atoms with Gasteiger partial charge < -0.3 is 10.5 Å². The summed E-state index contributed by atoms with van der Waals surface area (Å²) in [5.74, 6) is -2.30. The first kappa shape index (κ1) is 16.5. The molecule has 5 nitrogen and oxygen atoms in total. The van der Waals surface area contributed by atoms with Crippen molar-refractivity contribution < 1.29 is 21.9 Å². The minimum absolute atomic E-state index is 0.0155. The van der Waals surface area contributed by atoms with Gasteiger partial charge in [0.25, 0.3) is 0 Å². The van der Waals surface area contributed by atoms with E-state index in [2.05, 4.69) is 6.58 Å². The van der Waals surface area contributed by atoms with Crippen LogP contribution in [0.25, 0.3) is 0 Å². The summed E-state index contributed by atoms with van der Waals surface area (Å²) in [6.45, 7) is 3.56. The Morgan fingerprint density at radius 2 is 2.10 bits per heavy atom. The molecule has 0 saturated carbocycles. The Kier molecular flexibility index (Phi) is 5.61. The van der Waals surface area contributed by atoms with Gasteiger partial charge in [0.1, 0.15) is 16.4 Å². The third-order valence-corrected chi connectivity index (χ3v) is 4.47. The molecule has 0 saturated heterocycles. The number of nitrogens with zero attached hydrogens (tertiary/aromatic N) is 1. The Hall–Kier alpha value is -1.51. The molecule has 112 valence electrons. The number of benzene rings is 1. The molecule has 0 radical (unpaired) electrons. The molecule has 0 unspecified atom stereocenters. The Morgan fingerprint density at radius 3 is 2.65 bits per heavy atom. The van der Waals surface area contributed by atoms with E-state index in [1.165, 1.54) is 13.2 Å². The molecule has 1 aromatic rings. The zero-order chi connectivity index (χ0) is 15.3. The summed E-state index contributed by atoms with van der Waals surface area (Å²) in [5, 5.41) is 0. The first-order chi connectivity index (χ1) is 9.36. The summed E-state index contributed by atoms with van der Waals surface area (Å²) in [6.07, 6.45) is 1.36. The lowest BCUT2D eigenvalue weighted by molar-refractivity contribution is 0.182. The van der Waals surface area contributed by atoms with Crippen LogP contribution in [0, 0.1) is 11.6 Å². The summed E-state index contributed by atoms with van der Waals surface area (Å²) in [4.78, 5) is -0.672. The quantitative estimate of drug-likeness (QED) is 0.610. The molecule has 0 heterocycles. The molecular weight excluding hydrogens is 290 g/mol. The number of methoxy groups -OCH3 is 1. The number of sulfonamides is 1. The summed E-state index contributed by atoms with van der Waals surface area (Å²) < 4.78 is 57.4. The maximum Gasteiger partial charge on any atom is 0.246 e. The van der Waals surface area contributed by atoms with E-state index in [4.69, 9.17) is 10.5 Å². The van der Waals surface area contributed by atoms with Crippen LogP contribution in [0.4, 0.5) is 14.5 Å². The van der Waals surface area contributed by atoms with E-state index in [0.717, 1.165) is 16.4 Å². The topological polar surface area (TPSA) is 72.6 Å². The molecule has 0 bridgehead atoms. The maximum atomic E-state index is 13.9. The van der Waals surface area contributed by atoms with Gasteiger partial charge in [-0.15, -0.1) is 6.58 Å². The molecular formula is C12H16F2N2O3S. The number of hydrogen-bond donors (Lipinski definition) is 1. The molecule has 0 atom stereocenters. The minimum atomic E-state index is -4.14. The van der Waals surface area contributed by atoms with Gasteiger partial charge in [0.15, 0.2) is 5.82 Å². The summed E-state index contributed by atoms with van der Waals surface area (Å²) >= 11 is 0. The predicted molar refractivity (Wildman–Crippen MR) is 71.6 cm³/mol. The van der Waals surface area contributed by atoms with E-state index >= 15 is 0 Å². The fraction of sp³-hybridized carbons (Fsp3) is 0.333. The van der Waals surface area contributed by atoms with Gasteiger partial charge in [-0.2, -0.15) is 4.31 Å². The van der Waals surface area contributed by atoms with Crippen molar-refractivity contribution in [2.45, 2.75) is 4.90 Å². The second-order valence-corrected chi connectivity index (χ2v) is 5.82. The van der Waals surface area contributed by atoms with Gasteiger partial charge in [0.2, 0.25) is 10.0 Å². The van der Waals surface area contributed by atoms with Gasteiger partial charge in [-0.3, -0.25) is 0 Å².